The van der Waals surface area contributed by atoms with Crippen molar-refractivity contribution in [2.45, 2.75) is 45.8 Å². The predicted molar refractivity (Wildman–Crippen MR) is 78.6 cm³/mol. The van der Waals surface area contributed by atoms with E-state index in [2.05, 4.69) is 0 Å². The average molecular weight is 295 g/mol. The Labute approximate surface area is 124 Å². The lowest BCUT2D eigenvalue weighted by Gasteiger charge is -2.36. The molecule has 116 valence electrons. The fourth-order valence-electron chi connectivity index (χ4n) is 2.04. The number of aryl methyl sites for hydroxylation is 1. The molecule has 0 N–H and O–H groups in total. The number of carbonyl (C=O) groups excluding carboxylic acids is 2. The first-order valence-corrected chi connectivity index (χ1v) is 6.71. The summed E-state index contributed by atoms with van der Waals surface area (Å²) in [6.07, 6.45) is 0.0535. The van der Waals surface area contributed by atoms with Crippen LogP contribution in [0.15, 0.2) is 18.2 Å². The third-order valence-corrected chi connectivity index (χ3v) is 3.33. The van der Waals surface area contributed by atoms with Crippen molar-refractivity contribution < 1.29 is 18.7 Å². The molecule has 1 atom stereocenters. The highest BCUT2D eigenvalue weighted by molar-refractivity contribution is 5.78. The summed E-state index contributed by atoms with van der Waals surface area (Å²) in [5, 5.41) is 0. The number of hydrogen-bond acceptors (Lipinski definition) is 3. The summed E-state index contributed by atoms with van der Waals surface area (Å²) < 4.78 is 18.5. The summed E-state index contributed by atoms with van der Waals surface area (Å²) in [5.74, 6) is -0.385. The number of halogens is 1. The molecule has 0 heterocycles. The molecule has 0 aliphatic carbocycles. The van der Waals surface area contributed by atoms with E-state index in [1.54, 1.807) is 34.6 Å². The predicted octanol–water partition coefficient (Wildman–Crippen LogP) is 3.42. The molecule has 4 nitrogen and oxygen atoms in total. The zero-order chi connectivity index (χ0) is 16.4. The summed E-state index contributed by atoms with van der Waals surface area (Å²) in [7, 11) is 1.49. The lowest BCUT2D eigenvalue weighted by molar-refractivity contribution is -0.117. The number of nitrogens with zero attached hydrogens (tertiary/aromatic N) is 1. The second-order valence-electron chi connectivity index (χ2n) is 6.26. The van der Waals surface area contributed by atoms with Gasteiger partial charge < -0.3 is 9.53 Å². The normalized spacial score (nSPS) is 14.2. The standard InChI is InChI=1S/C16H22FNO3/c1-11-9-12(17)7-8-13(11)16(5,10-19)18(6)14(20)21-15(2,3)4/h7-10H,1-6H3. The van der Waals surface area contributed by atoms with Crippen LogP contribution in [0.25, 0.3) is 0 Å². The molecule has 0 fully saturated rings. The van der Waals surface area contributed by atoms with E-state index < -0.39 is 17.2 Å². The first kappa shape index (κ1) is 17.1. The lowest BCUT2D eigenvalue weighted by atomic mass is 9.88. The molecule has 1 amide bonds. The van der Waals surface area contributed by atoms with Crippen molar-refractivity contribution in [3.8, 4) is 0 Å². The zero-order valence-corrected chi connectivity index (χ0v) is 13.4. The molecular formula is C16H22FNO3. The fraction of sp³-hybridized carbons (Fsp3) is 0.500. The lowest BCUT2D eigenvalue weighted by Crippen LogP contribution is -2.48. The van der Waals surface area contributed by atoms with Crippen molar-refractivity contribution in [2.24, 2.45) is 0 Å². The van der Waals surface area contributed by atoms with Gasteiger partial charge in [-0.05, 0) is 57.9 Å². The Hall–Kier alpha value is -1.91. The van der Waals surface area contributed by atoms with Gasteiger partial charge in [-0.2, -0.15) is 0 Å². The van der Waals surface area contributed by atoms with Gasteiger partial charge in [0.15, 0.2) is 0 Å². The molecule has 1 unspecified atom stereocenters. The van der Waals surface area contributed by atoms with Crippen LogP contribution in [0.1, 0.15) is 38.8 Å². The van der Waals surface area contributed by atoms with Crippen LogP contribution in [0.3, 0.4) is 0 Å². The van der Waals surface area contributed by atoms with Crippen molar-refractivity contribution in [3.63, 3.8) is 0 Å². The average Bonchev–Trinajstić information content (AvgIpc) is 2.34. The summed E-state index contributed by atoms with van der Waals surface area (Å²) in [4.78, 5) is 25.0. The Morgan fingerprint density at radius 3 is 2.29 bits per heavy atom. The van der Waals surface area contributed by atoms with Crippen LogP contribution >= 0.6 is 0 Å². The molecule has 21 heavy (non-hydrogen) atoms. The van der Waals surface area contributed by atoms with Crippen LogP contribution in [0, 0.1) is 12.7 Å². The van der Waals surface area contributed by atoms with Gasteiger partial charge in [0.05, 0.1) is 0 Å². The molecule has 0 aliphatic heterocycles. The van der Waals surface area contributed by atoms with E-state index in [1.807, 2.05) is 0 Å². The van der Waals surface area contributed by atoms with E-state index in [4.69, 9.17) is 4.74 Å². The molecular weight excluding hydrogens is 273 g/mol. The van der Waals surface area contributed by atoms with E-state index in [0.717, 1.165) is 0 Å². The minimum absolute atomic E-state index is 0.385. The Bertz CT molecular complexity index is 551. The van der Waals surface area contributed by atoms with E-state index in [-0.39, 0.29) is 5.82 Å². The Kier molecular flexibility index (Phi) is 4.76. The molecule has 0 saturated carbocycles. The quantitative estimate of drug-likeness (QED) is 0.803. The number of amides is 1. The maximum Gasteiger partial charge on any atom is 0.411 e. The number of carbonyl (C=O) groups is 2. The number of ether oxygens (including phenoxy) is 1. The monoisotopic (exact) mass is 295 g/mol. The van der Waals surface area contributed by atoms with Gasteiger partial charge in [-0.3, -0.25) is 4.90 Å². The first-order valence-electron chi connectivity index (χ1n) is 6.71. The van der Waals surface area contributed by atoms with E-state index in [9.17, 15) is 14.0 Å². The summed E-state index contributed by atoms with van der Waals surface area (Å²) >= 11 is 0. The topological polar surface area (TPSA) is 46.6 Å². The highest BCUT2D eigenvalue weighted by Gasteiger charge is 2.37. The molecule has 0 radical (unpaired) electrons. The zero-order valence-electron chi connectivity index (χ0n) is 13.4. The molecule has 0 bridgehead atoms. The Morgan fingerprint density at radius 1 is 1.29 bits per heavy atom. The van der Waals surface area contributed by atoms with E-state index in [0.29, 0.717) is 17.4 Å². The van der Waals surface area contributed by atoms with Gasteiger partial charge in [-0.1, -0.05) is 6.07 Å². The molecule has 1 aromatic carbocycles. The van der Waals surface area contributed by atoms with Gasteiger partial charge in [0.25, 0.3) is 0 Å². The van der Waals surface area contributed by atoms with Crippen LogP contribution in [-0.2, 0) is 15.1 Å². The van der Waals surface area contributed by atoms with Crippen LogP contribution in [0.2, 0.25) is 0 Å². The first-order chi connectivity index (χ1) is 9.51. The maximum absolute atomic E-state index is 13.2. The number of aldehydes is 1. The third kappa shape index (κ3) is 3.80. The Morgan fingerprint density at radius 2 is 1.86 bits per heavy atom. The number of benzene rings is 1. The van der Waals surface area contributed by atoms with Crippen molar-refractivity contribution in [1.29, 1.82) is 0 Å². The van der Waals surface area contributed by atoms with Crippen molar-refractivity contribution in [3.05, 3.63) is 35.1 Å². The minimum atomic E-state index is -1.22. The SMILES string of the molecule is Cc1cc(F)ccc1C(C)(C=O)N(C)C(=O)OC(C)(C)C. The minimum Gasteiger partial charge on any atom is -0.444 e. The molecule has 0 aromatic heterocycles. The van der Waals surface area contributed by atoms with Gasteiger partial charge in [-0.25, -0.2) is 9.18 Å². The van der Waals surface area contributed by atoms with Gasteiger partial charge in [0.1, 0.15) is 23.2 Å². The molecule has 1 rings (SSSR count). The van der Waals surface area contributed by atoms with Crippen LogP contribution in [0.5, 0.6) is 0 Å². The third-order valence-electron chi connectivity index (χ3n) is 3.33. The number of likely N-dealkylation sites (N-methyl/N-ethyl adjacent to an activating group) is 1. The molecule has 1 aromatic rings. The number of hydrogen-bond donors (Lipinski definition) is 0. The number of rotatable bonds is 3. The van der Waals surface area contributed by atoms with Gasteiger partial charge in [0.2, 0.25) is 0 Å². The highest BCUT2D eigenvalue weighted by Crippen LogP contribution is 2.29. The maximum atomic E-state index is 13.2. The molecule has 0 spiro atoms. The van der Waals surface area contributed by atoms with Crippen LogP contribution < -0.4 is 0 Å². The molecule has 0 saturated heterocycles. The van der Waals surface area contributed by atoms with Gasteiger partial charge in [0, 0.05) is 7.05 Å². The van der Waals surface area contributed by atoms with Gasteiger partial charge >= 0.3 is 6.09 Å². The summed E-state index contributed by atoms with van der Waals surface area (Å²) in [6.45, 7) is 8.55. The molecule has 5 heteroatoms. The highest BCUT2D eigenvalue weighted by atomic mass is 19.1. The van der Waals surface area contributed by atoms with Crippen molar-refractivity contribution >= 4 is 12.4 Å². The second kappa shape index (κ2) is 5.84. The smallest absolute Gasteiger partial charge is 0.411 e. The summed E-state index contributed by atoms with van der Waals surface area (Å²) in [5.41, 5.74) is -0.722. The summed E-state index contributed by atoms with van der Waals surface area (Å²) in [6, 6.07) is 4.12. The van der Waals surface area contributed by atoms with Crippen molar-refractivity contribution in [2.75, 3.05) is 7.05 Å². The largest absolute Gasteiger partial charge is 0.444 e. The van der Waals surface area contributed by atoms with Crippen LogP contribution in [0.4, 0.5) is 9.18 Å². The Balaban J connectivity index is 3.20. The fourth-order valence-corrected chi connectivity index (χ4v) is 2.04. The molecule has 0 aliphatic rings. The van der Waals surface area contributed by atoms with E-state index >= 15 is 0 Å². The van der Waals surface area contributed by atoms with Gasteiger partial charge in [-0.15, -0.1) is 0 Å². The van der Waals surface area contributed by atoms with Crippen LogP contribution in [-0.4, -0.2) is 29.9 Å². The second-order valence-corrected chi connectivity index (χ2v) is 6.26. The van der Waals surface area contributed by atoms with Crippen molar-refractivity contribution in [1.82, 2.24) is 4.90 Å². The van der Waals surface area contributed by atoms with E-state index in [1.165, 1.54) is 30.1 Å².